The summed E-state index contributed by atoms with van der Waals surface area (Å²) >= 11 is 0. The molecule has 0 bridgehead atoms. The van der Waals surface area contributed by atoms with E-state index in [1.165, 1.54) is 5.01 Å². The number of nitrogens with one attached hydrogen (secondary N) is 2. The number of hydrazine groups is 1. The largest absolute Gasteiger partial charge is 0.443 e. The van der Waals surface area contributed by atoms with E-state index in [2.05, 4.69) is 15.1 Å². The normalized spacial score (nSPS) is 21.1. The Morgan fingerprint density at radius 2 is 1.78 bits per heavy atom. The maximum absolute atomic E-state index is 13.2. The van der Waals surface area contributed by atoms with Gasteiger partial charge in [-0.25, -0.2) is 18.2 Å². The minimum absolute atomic E-state index is 0.0278. The number of hydrogen-bond donors (Lipinski definition) is 3. The molecule has 46 heavy (non-hydrogen) atoms. The van der Waals surface area contributed by atoms with Gasteiger partial charge >= 0.3 is 6.09 Å². The average Bonchev–Trinajstić information content (AvgIpc) is 3.62. The van der Waals surface area contributed by atoms with Crippen LogP contribution in [-0.4, -0.2) is 79.7 Å². The van der Waals surface area contributed by atoms with Gasteiger partial charge in [0.25, 0.3) is 0 Å². The Labute approximate surface area is 271 Å². The Morgan fingerprint density at radius 1 is 1.04 bits per heavy atom. The molecule has 1 aromatic heterocycles. The number of benzene rings is 2. The first-order chi connectivity index (χ1) is 21.9. The molecule has 0 saturated carbocycles. The van der Waals surface area contributed by atoms with E-state index in [0.29, 0.717) is 13.0 Å². The first-order valence-electron chi connectivity index (χ1n) is 15.6. The van der Waals surface area contributed by atoms with Crippen LogP contribution in [0.25, 0.3) is 11.3 Å². The van der Waals surface area contributed by atoms with Crippen molar-refractivity contribution in [1.29, 1.82) is 0 Å². The van der Waals surface area contributed by atoms with Crippen molar-refractivity contribution in [1.82, 2.24) is 20.1 Å². The second kappa shape index (κ2) is 15.0. The molecule has 2 aliphatic heterocycles. The number of ether oxygens (including phenoxy) is 3. The number of aliphatic hydroxyl groups is 1. The molecule has 3 heterocycles. The summed E-state index contributed by atoms with van der Waals surface area (Å²) in [6, 6.07) is 22.0. The summed E-state index contributed by atoms with van der Waals surface area (Å²) in [5, 5.41) is 15.9. The molecule has 5 unspecified atom stereocenters. The molecular weight excluding hydrogens is 608 g/mol. The third-order valence-electron chi connectivity index (χ3n) is 7.90. The predicted molar refractivity (Wildman–Crippen MR) is 174 cm³/mol. The van der Waals surface area contributed by atoms with Gasteiger partial charge in [-0.05, 0) is 41.5 Å². The molecule has 0 spiro atoms. The number of pyridine rings is 1. The third-order valence-corrected chi connectivity index (χ3v) is 9.68. The lowest BCUT2D eigenvalue weighted by Gasteiger charge is -2.31. The predicted octanol–water partition coefficient (Wildman–Crippen LogP) is 3.89. The second-order valence-corrected chi connectivity index (χ2v) is 14.9. The minimum atomic E-state index is -3.77. The fourth-order valence-corrected chi connectivity index (χ4v) is 7.58. The zero-order valence-electron chi connectivity index (χ0n) is 26.5. The van der Waals surface area contributed by atoms with E-state index >= 15 is 0 Å². The van der Waals surface area contributed by atoms with E-state index < -0.39 is 39.8 Å². The second-order valence-electron chi connectivity index (χ2n) is 13.2. The van der Waals surface area contributed by atoms with E-state index in [1.54, 1.807) is 6.20 Å². The van der Waals surface area contributed by atoms with E-state index in [0.717, 1.165) is 28.8 Å². The maximum atomic E-state index is 13.2. The number of aliphatic hydroxyl groups excluding tert-OH is 1. The van der Waals surface area contributed by atoms with Crippen molar-refractivity contribution < 1.29 is 32.5 Å². The van der Waals surface area contributed by atoms with E-state index in [1.807, 2.05) is 93.6 Å². The van der Waals surface area contributed by atoms with Crippen molar-refractivity contribution in [3.8, 4) is 11.3 Å². The molecule has 248 valence electrons. The zero-order valence-corrected chi connectivity index (χ0v) is 27.4. The molecule has 2 saturated heterocycles. The van der Waals surface area contributed by atoms with E-state index in [-0.39, 0.29) is 37.7 Å². The topological polar surface area (TPSA) is 139 Å². The van der Waals surface area contributed by atoms with E-state index in [4.69, 9.17) is 14.2 Å². The molecule has 1 amide bonds. The number of aromatic nitrogens is 1. The highest BCUT2D eigenvalue weighted by molar-refractivity contribution is 7.89. The third kappa shape index (κ3) is 9.81. The van der Waals surface area contributed by atoms with Crippen molar-refractivity contribution >= 4 is 16.1 Å². The van der Waals surface area contributed by atoms with Crippen molar-refractivity contribution in [3.63, 3.8) is 0 Å². The van der Waals surface area contributed by atoms with Gasteiger partial charge in [-0.3, -0.25) is 4.98 Å². The minimum Gasteiger partial charge on any atom is -0.443 e. The first kappa shape index (κ1) is 34.0. The number of alkyl carbamates (subject to hydrolysis) is 1. The van der Waals surface area contributed by atoms with Crippen LogP contribution in [-0.2, 0) is 37.2 Å². The summed E-state index contributed by atoms with van der Waals surface area (Å²) in [6.07, 6.45) is 0.118. The molecule has 3 aromatic rings. The lowest BCUT2D eigenvalue weighted by atomic mass is 10.0. The SMILES string of the molecule is CC(C)(C)CS(=O)(=O)NN(Cc1ccc(-c2ccccn2)cc1)CC(O)C(Cc1ccccc1)NC(=O)OC1COC2OCCC12. The zero-order chi connectivity index (χ0) is 32.7. The number of hydrogen-bond acceptors (Lipinski definition) is 9. The summed E-state index contributed by atoms with van der Waals surface area (Å²) in [7, 11) is -3.77. The average molecular weight is 653 g/mol. The van der Waals surface area contributed by atoms with Crippen LogP contribution in [0.1, 0.15) is 38.3 Å². The van der Waals surface area contributed by atoms with Gasteiger partial charge in [0, 0.05) is 24.8 Å². The summed E-state index contributed by atoms with van der Waals surface area (Å²) in [5.74, 6) is -0.140. The molecule has 0 radical (unpaired) electrons. The number of nitrogens with zero attached hydrogens (tertiary/aromatic N) is 2. The molecular formula is C34H44N4O7S. The molecule has 2 aliphatic rings. The smallest absolute Gasteiger partial charge is 0.407 e. The lowest BCUT2D eigenvalue weighted by molar-refractivity contribution is -0.0907. The fraction of sp³-hybridized carbons (Fsp3) is 0.471. The van der Waals surface area contributed by atoms with Gasteiger partial charge in [0.2, 0.25) is 10.0 Å². The Kier molecular flexibility index (Phi) is 11.1. The molecule has 5 atom stereocenters. The van der Waals surface area contributed by atoms with Gasteiger partial charge < -0.3 is 24.6 Å². The monoisotopic (exact) mass is 652 g/mol. The number of rotatable bonds is 13. The summed E-state index contributed by atoms with van der Waals surface area (Å²) in [4.78, 5) is 20.2. The number of fused-ring (bicyclic) bond motifs is 1. The highest BCUT2D eigenvalue weighted by atomic mass is 32.2. The Balaban J connectivity index is 1.32. The molecule has 3 N–H and O–H groups in total. The van der Waals surface area contributed by atoms with Gasteiger partial charge in [0.05, 0.1) is 42.7 Å². The van der Waals surface area contributed by atoms with Crippen LogP contribution in [0, 0.1) is 11.3 Å². The Morgan fingerprint density at radius 3 is 2.48 bits per heavy atom. The number of sulfonamides is 1. The van der Waals surface area contributed by atoms with Crippen LogP contribution in [0.15, 0.2) is 79.0 Å². The first-order valence-corrected chi connectivity index (χ1v) is 17.3. The molecule has 5 rings (SSSR count). The Bertz CT molecular complexity index is 1520. The number of amides is 1. The maximum Gasteiger partial charge on any atom is 0.407 e. The molecule has 11 nitrogen and oxygen atoms in total. The number of carbonyl (C=O) groups excluding carboxylic acids is 1. The highest BCUT2D eigenvalue weighted by Gasteiger charge is 2.44. The number of carbonyl (C=O) groups is 1. The van der Waals surface area contributed by atoms with Crippen molar-refractivity contribution in [3.05, 3.63) is 90.1 Å². The molecule has 0 aliphatic carbocycles. The van der Waals surface area contributed by atoms with Gasteiger partial charge in [-0.2, -0.15) is 0 Å². The summed E-state index contributed by atoms with van der Waals surface area (Å²) in [5.41, 5.74) is 2.99. The van der Waals surface area contributed by atoms with Crippen molar-refractivity contribution in [2.24, 2.45) is 11.3 Å². The van der Waals surface area contributed by atoms with Crippen molar-refractivity contribution in [2.45, 2.75) is 64.7 Å². The van der Waals surface area contributed by atoms with Gasteiger partial charge in [-0.1, -0.05) is 81.4 Å². The quantitative estimate of drug-likeness (QED) is 0.235. The molecule has 12 heteroatoms. The lowest BCUT2D eigenvalue weighted by Crippen LogP contribution is -2.54. The van der Waals surface area contributed by atoms with Crippen LogP contribution >= 0.6 is 0 Å². The van der Waals surface area contributed by atoms with Crippen LogP contribution in [0.5, 0.6) is 0 Å². The summed E-state index contributed by atoms with van der Waals surface area (Å²) < 4.78 is 43.4. The van der Waals surface area contributed by atoms with Crippen LogP contribution in [0.3, 0.4) is 0 Å². The standard InChI is InChI=1S/C34H44N4O7S/c1-34(2,3)23-46(41,42)37-38(20-25-12-14-26(15-13-25)28-11-7-8-17-35-28)21-30(39)29(19-24-9-5-4-6-10-24)36-33(40)45-31-22-44-32-27(31)16-18-43-32/h4-15,17,27,29-32,37,39H,16,18-23H2,1-3H3,(H,36,40). The van der Waals surface area contributed by atoms with Crippen LogP contribution in [0.2, 0.25) is 0 Å². The summed E-state index contributed by atoms with van der Waals surface area (Å²) in [6.45, 7) is 6.42. The van der Waals surface area contributed by atoms with Gasteiger partial charge in [0.15, 0.2) is 6.29 Å². The molecule has 2 fully saturated rings. The Hall–Kier alpha value is -3.39. The molecule has 2 aromatic carbocycles. The fourth-order valence-electron chi connectivity index (χ4n) is 5.84. The van der Waals surface area contributed by atoms with Crippen LogP contribution < -0.4 is 10.1 Å². The van der Waals surface area contributed by atoms with Gasteiger partial charge in [0.1, 0.15) is 6.10 Å². The van der Waals surface area contributed by atoms with Crippen molar-refractivity contribution in [2.75, 3.05) is 25.5 Å². The highest BCUT2D eigenvalue weighted by Crippen LogP contribution is 2.33. The van der Waals surface area contributed by atoms with E-state index in [9.17, 15) is 18.3 Å². The van der Waals surface area contributed by atoms with Gasteiger partial charge in [-0.15, -0.1) is 4.83 Å². The van der Waals surface area contributed by atoms with Crippen LogP contribution in [0.4, 0.5) is 4.79 Å².